The Kier molecular flexibility index (Phi) is 2.46. The van der Waals surface area contributed by atoms with Gasteiger partial charge >= 0.3 is 5.97 Å². The van der Waals surface area contributed by atoms with Crippen molar-refractivity contribution in [2.24, 2.45) is 0 Å². The maximum Gasteiger partial charge on any atom is 0.335 e. The molecule has 86 valence electrons. The molecule has 4 heteroatoms. The number of carboxylic acids is 1. The molecule has 0 saturated carbocycles. The maximum absolute atomic E-state index is 10.8. The molecule has 1 N–H and O–H groups in total. The van der Waals surface area contributed by atoms with E-state index < -0.39 is 12.1 Å². The van der Waals surface area contributed by atoms with Gasteiger partial charge in [0.05, 0.1) is 0 Å². The minimum absolute atomic E-state index is 0.302. The second-order valence-corrected chi connectivity index (χ2v) is 4.69. The number of carboxylic acid groups (broad SMARTS) is 1. The quantitative estimate of drug-likeness (QED) is 0.847. The Morgan fingerprint density at radius 2 is 2.12 bits per heavy atom. The highest BCUT2D eigenvalue weighted by molar-refractivity contribution is 7.08. The van der Waals surface area contributed by atoms with E-state index in [9.17, 15) is 4.79 Å². The number of hydrogen-bond donors (Lipinski definition) is 1. The Hall–Kier alpha value is -1.65. The highest BCUT2D eigenvalue weighted by Gasteiger charge is 2.47. The molecule has 0 aliphatic carbocycles. The summed E-state index contributed by atoms with van der Waals surface area (Å²) in [6.07, 6.45) is -0.988. The fraction of sp³-hybridized carbons (Fsp3) is 0.154. The Bertz CT molecular complexity index is 548. The molecule has 0 bridgehead atoms. The fourth-order valence-electron chi connectivity index (χ4n) is 1.96. The van der Waals surface area contributed by atoms with Crippen molar-refractivity contribution < 1.29 is 14.6 Å². The monoisotopic (exact) mass is 246 g/mol. The van der Waals surface area contributed by atoms with Crippen molar-refractivity contribution in [3.8, 4) is 11.1 Å². The van der Waals surface area contributed by atoms with Gasteiger partial charge in [-0.3, -0.25) is 0 Å². The average Bonchev–Trinajstić information content (AvgIpc) is 2.96. The third-order valence-corrected chi connectivity index (χ3v) is 3.52. The summed E-state index contributed by atoms with van der Waals surface area (Å²) in [5.41, 5.74) is 3.13. The zero-order valence-electron chi connectivity index (χ0n) is 8.87. The molecule has 2 aromatic rings. The molecule has 1 aliphatic heterocycles. The van der Waals surface area contributed by atoms with E-state index in [0.29, 0.717) is 0 Å². The van der Waals surface area contributed by atoms with E-state index in [1.807, 2.05) is 35.7 Å². The predicted molar refractivity (Wildman–Crippen MR) is 65.0 cm³/mol. The number of rotatable bonds is 3. The first-order valence-corrected chi connectivity index (χ1v) is 6.21. The summed E-state index contributed by atoms with van der Waals surface area (Å²) in [6, 6.07) is 9.82. The van der Waals surface area contributed by atoms with Crippen LogP contribution in [0.5, 0.6) is 0 Å². The summed E-state index contributed by atoms with van der Waals surface area (Å²) >= 11 is 1.63. The minimum atomic E-state index is -0.893. The lowest BCUT2D eigenvalue weighted by molar-refractivity contribution is -0.138. The van der Waals surface area contributed by atoms with Crippen molar-refractivity contribution in [2.75, 3.05) is 0 Å². The lowest BCUT2D eigenvalue weighted by Gasteiger charge is -2.04. The standard InChI is InChI=1S/C13H10O3S/c14-13(15)12-11(16-12)10-4-2-1-3-9(10)8-5-6-17-7-8/h1-7,11-12H,(H,14,15). The van der Waals surface area contributed by atoms with Crippen molar-refractivity contribution in [3.05, 3.63) is 46.7 Å². The Morgan fingerprint density at radius 3 is 2.76 bits per heavy atom. The number of ether oxygens (including phenoxy) is 1. The molecule has 2 atom stereocenters. The van der Waals surface area contributed by atoms with Crippen molar-refractivity contribution in [3.63, 3.8) is 0 Å². The second kappa shape index (κ2) is 3.98. The van der Waals surface area contributed by atoms with Gasteiger partial charge in [0.15, 0.2) is 6.10 Å². The minimum Gasteiger partial charge on any atom is -0.479 e. The molecule has 0 spiro atoms. The van der Waals surface area contributed by atoms with Gasteiger partial charge in [-0.05, 0) is 33.5 Å². The first-order valence-electron chi connectivity index (χ1n) is 5.27. The molecule has 1 aromatic heterocycles. The van der Waals surface area contributed by atoms with Gasteiger partial charge in [-0.1, -0.05) is 24.3 Å². The number of epoxide rings is 1. The molecule has 0 radical (unpaired) electrons. The van der Waals surface area contributed by atoms with Crippen LogP contribution in [0.25, 0.3) is 11.1 Å². The molecule has 1 fully saturated rings. The van der Waals surface area contributed by atoms with E-state index in [0.717, 1.165) is 16.7 Å². The highest BCUT2D eigenvalue weighted by atomic mass is 32.1. The van der Waals surface area contributed by atoms with Crippen LogP contribution < -0.4 is 0 Å². The van der Waals surface area contributed by atoms with Gasteiger partial charge in [-0.25, -0.2) is 4.79 Å². The van der Waals surface area contributed by atoms with Gasteiger partial charge in [0.2, 0.25) is 0 Å². The SMILES string of the molecule is O=C(O)C1OC1c1ccccc1-c1ccsc1. The number of carbonyl (C=O) groups is 1. The zero-order valence-corrected chi connectivity index (χ0v) is 9.68. The maximum atomic E-state index is 10.8. The van der Waals surface area contributed by atoms with Gasteiger partial charge in [0, 0.05) is 0 Å². The number of benzene rings is 1. The van der Waals surface area contributed by atoms with E-state index >= 15 is 0 Å². The second-order valence-electron chi connectivity index (χ2n) is 3.91. The summed E-state index contributed by atoms with van der Waals surface area (Å²) in [4.78, 5) is 10.8. The third-order valence-electron chi connectivity index (χ3n) is 2.83. The third kappa shape index (κ3) is 1.85. The zero-order chi connectivity index (χ0) is 11.8. The van der Waals surface area contributed by atoms with Crippen LogP contribution in [0.15, 0.2) is 41.1 Å². The first kappa shape index (κ1) is 10.5. The lowest BCUT2D eigenvalue weighted by atomic mass is 9.98. The van der Waals surface area contributed by atoms with Crippen LogP contribution in [0, 0.1) is 0 Å². The molecule has 2 unspecified atom stereocenters. The molecule has 1 aromatic carbocycles. The van der Waals surface area contributed by atoms with Gasteiger partial charge in [-0.2, -0.15) is 11.3 Å². The van der Waals surface area contributed by atoms with E-state index in [1.165, 1.54) is 0 Å². The summed E-state index contributed by atoms with van der Waals surface area (Å²) in [7, 11) is 0. The van der Waals surface area contributed by atoms with E-state index in [-0.39, 0.29) is 6.10 Å². The summed E-state index contributed by atoms with van der Waals surface area (Å²) in [5, 5.41) is 12.9. The Balaban J connectivity index is 1.99. The van der Waals surface area contributed by atoms with Gasteiger partial charge < -0.3 is 9.84 Å². The lowest BCUT2D eigenvalue weighted by Crippen LogP contribution is -2.05. The largest absolute Gasteiger partial charge is 0.479 e. The van der Waals surface area contributed by atoms with Crippen LogP contribution in [0.3, 0.4) is 0 Å². The summed E-state index contributed by atoms with van der Waals surface area (Å²) in [6.45, 7) is 0. The van der Waals surface area contributed by atoms with E-state index in [4.69, 9.17) is 9.84 Å². The molecule has 17 heavy (non-hydrogen) atoms. The van der Waals surface area contributed by atoms with Crippen LogP contribution in [0.2, 0.25) is 0 Å². The van der Waals surface area contributed by atoms with Crippen LogP contribution in [0.1, 0.15) is 11.7 Å². The predicted octanol–water partition coefficient (Wildman–Crippen LogP) is 2.94. The number of aliphatic carboxylic acids is 1. The average molecular weight is 246 g/mol. The molecule has 1 aliphatic rings. The topological polar surface area (TPSA) is 49.8 Å². The van der Waals surface area contributed by atoms with Crippen molar-refractivity contribution >= 4 is 17.3 Å². The molecular formula is C13H10O3S. The number of thiophene rings is 1. The first-order chi connectivity index (χ1) is 8.27. The van der Waals surface area contributed by atoms with Gasteiger partial charge in [0.25, 0.3) is 0 Å². The molecular weight excluding hydrogens is 236 g/mol. The van der Waals surface area contributed by atoms with Crippen LogP contribution in [0.4, 0.5) is 0 Å². The molecule has 0 amide bonds. The van der Waals surface area contributed by atoms with Crippen LogP contribution in [-0.4, -0.2) is 17.2 Å². The van der Waals surface area contributed by atoms with E-state index in [2.05, 4.69) is 5.38 Å². The Morgan fingerprint density at radius 1 is 1.29 bits per heavy atom. The van der Waals surface area contributed by atoms with Crippen molar-refractivity contribution in [2.45, 2.75) is 12.2 Å². The van der Waals surface area contributed by atoms with Crippen molar-refractivity contribution in [1.29, 1.82) is 0 Å². The van der Waals surface area contributed by atoms with Crippen LogP contribution >= 0.6 is 11.3 Å². The Labute approximate surface area is 102 Å². The van der Waals surface area contributed by atoms with Crippen LogP contribution in [-0.2, 0) is 9.53 Å². The van der Waals surface area contributed by atoms with Gasteiger partial charge in [0.1, 0.15) is 6.10 Å². The molecule has 3 nitrogen and oxygen atoms in total. The summed E-state index contributed by atoms with van der Waals surface area (Å²) in [5.74, 6) is -0.893. The van der Waals surface area contributed by atoms with E-state index in [1.54, 1.807) is 11.3 Å². The fourth-order valence-corrected chi connectivity index (χ4v) is 2.62. The van der Waals surface area contributed by atoms with Crippen molar-refractivity contribution in [1.82, 2.24) is 0 Å². The number of hydrogen-bond acceptors (Lipinski definition) is 3. The summed E-state index contributed by atoms with van der Waals surface area (Å²) < 4.78 is 5.21. The normalized spacial score (nSPS) is 22.4. The molecule has 1 saturated heterocycles. The molecule has 2 heterocycles. The highest BCUT2D eigenvalue weighted by Crippen LogP contribution is 2.43. The smallest absolute Gasteiger partial charge is 0.335 e. The van der Waals surface area contributed by atoms with Gasteiger partial charge in [-0.15, -0.1) is 0 Å². The molecule has 3 rings (SSSR count).